The van der Waals surface area contributed by atoms with Crippen molar-refractivity contribution in [1.82, 2.24) is 9.80 Å². The first kappa shape index (κ1) is 22.0. The topological polar surface area (TPSA) is 49.6 Å². The first-order valence-electron chi connectivity index (χ1n) is 9.11. The third kappa shape index (κ3) is 4.25. The van der Waals surface area contributed by atoms with Crippen LogP contribution in [-0.4, -0.2) is 54.1 Å². The third-order valence-electron chi connectivity index (χ3n) is 5.80. The van der Waals surface area contributed by atoms with Gasteiger partial charge in [-0.1, -0.05) is 30.3 Å². The van der Waals surface area contributed by atoms with Gasteiger partial charge in [0.2, 0.25) is 5.91 Å². The lowest BCUT2D eigenvalue weighted by atomic mass is 9.84. The Morgan fingerprint density at radius 3 is 2.52 bits per heavy atom. The van der Waals surface area contributed by atoms with E-state index in [4.69, 9.17) is 5.73 Å². The number of nitrogens with two attached hydrogens (primary N) is 1. The van der Waals surface area contributed by atoms with E-state index in [1.807, 2.05) is 37.3 Å². The molecule has 2 aliphatic heterocycles. The van der Waals surface area contributed by atoms with E-state index >= 15 is 0 Å². The molecule has 1 amide bonds. The molecule has 0 saturated carbocycles. The van der Waals surface area contributed by atoms with Crippen molar-refractivity contribution in [2.24, 2.45) is 17.1 Å². The van der Waals surface area contributed by atoms with Gasteiger partial charge in [-0.15, -0.1) is 12.4 Å². The van der Waals surface area contributed by atoms with Crippen molar-refractivity contribution in [2.45, 2.75) is 38.5 Å². The zero-order valence-electron chi connectivity index (χ0n) is 15.4. The van der Waals surface area contributed by atoms with Crippen molar-refractivity contribution in [3.05, 3.63) is 35.9 Å². The van der Waals surface area contributed by atoms with Gasteiger partial charge < -0.3 is 10.6 Å². The molecule has 0 bridgehead atoms. The van der Waals surface area contributed by atoms with E-state index in [0.29, 0.717) is 26.1 Å². The van der Waals surface area contributed by atoms with Crippen molar-refractivity contribution in [2.75, 3.05) is 26.2 Å². The zero-order chi connectivity index (χ0) is 18.9. The minimum atomic E-state index is -4.56. The summed E-state index contributed by atoms with van der Waals surface area (Å²) >= 11 is 0. The second-order valence-electron chi connectivity index (χ2n) is 7.67. The monoisotopic (exact) mass is 405 g/mol. The van der Waals surface area contributed by atoms with Gasteiger partial charge in [-0.3, -0.25) is 9.69 Å². The Morgan fingerprint density at radius 2 is 1.96 bits per heavy atom. The second kappa shape index (κ2) is 8.37. The van der Waals surface area contributed by atoms with Crippen molar-refractivity contribution < 1.29 is 18.0 Å². The number of rotatable bonds is 4. The lowest BCUT2D eigenvalue weighted by Crippen LogP contribution is -2.54. The van der Waals surface area contributed by atoms with Gasteiger partial charge in [-0.05, 0) is 44.3 Å². The maximum absolute atomic E-state index is 14.0. The highest BCUT2D eigenvalue weighted by Crippen LogP contribution is 2.48. The van der Waals surface area contributed by atoms with Gasteiger partial charge in [0.1, 0.15) is 0 Å². The van der Waals surface area contributed by atoms with E-state index in [0.717, 1.165) is 5.56 Å². The van der Waals surface area contributed by atoms with Crippen molar-refractivity contribution in [3.8, 4) is 0 Å². The van der Waals surface area contributed by atoms with E-state index in [2.05, 4.69) is 0 Å². The average molecular weight is 406 g/mol. The summed E-state index contributed by atoms with van der Waals surface area (Å²) in [5.41, 5.74) is 4.32. The molecule has 152 valence electrons. The number of nitrogens with zero attached hydrogens (tertiary/aromatic N) is 2. The summed E-state index contributed by atoms with van der Waals surface area (Å²) in [7, 11) is 0. The number of amides is 1. The van der Waals surface area contributed by atoms with Gasteiger partial charge >= 0.3 is 6.18 Å². The fourth-order valence-corrected chi connectivity index (χ4v) is 4.26. The van der Waals surface area contributed by atoms with Crippen molar-refractivity contribution in [3.63, 3.8) is 0 Å². The molecule has 0 aromatic heterocycles. The SMILES string of the molecule is CC1CC(CN)CN1C(=O)C1(C(F)(F)F)CCN(Cc2ccccc2)C1.Cl. The van der Waals surface area contributed by atoms with Gasteiger partial charge in [0.25, 0.3) is 0 Å². The molecule has 2 N–H and O–H groups in total. The molecule has 2 heterocycles. The number of benzene rings is 1. The van der Waals surface area contributed by atoms with E-state index in [-0.39, 0.29) is 43.9 Å². The van der Waals surface area contributed by atoms with Crippen LogP contribution in [0.15, 0.2) is 30.3 Å². The second-order valence-corrected chi connectivity index (χ2v) is 7.67. The molecule has 2 saturated heterocycles. The smallest absolute Gasteiger partial charge is 0.339 e. The van der Waals surface area contributed by atoms with Crippen LogP contribution < -0.4 is 5.73 Å². The highest BCUT2D eigenvalue weighted by molar-refractivity contribution is 5.85. The summed E-state index contributed by atoms with van der Waals surface area (Å²) in [6, 6.07) is 9.20. The average Bonchev–Trinajstić information content (AvgIpc) is 3.19. The fourth-order valence-electron chi connectivity index (χ4n) is 4.26. The largest absolute Gasteiger partial charge is 0.404 e. The molecule has 0 spiro atoms. The molecule has 3 unspecified atom stereocenters. The van der Waals surface area contributed by atoms with Crippen LogP contribution in [0.3, 0.4) is 0 Å². The Morgan fingerprint density at radius 1 is 1.30 bits per heavy atom. The lowest BCUT2D eigenvalue weighted by molar-refractivity contribution is -0.224. The summed E-state index contributed by atoms with van der Waals surface area (Å²) < 4.78 is 42.1. The lowest BCUT2D eigenvalue weighted by Gasteiger charge is -2.36. The van der Waals surface area contributed by atoms with E-state index in [1.54, 1.807) is 4.90 Å². The zero-order valence-corrected chi connectivity index (χ0v) is 16.2. The number of carbonyl (C=O) groups excluding carboxylic acids is 1. The van der Waals surface area contributed by atoms with Crippen LogP contribution in [0.4, 0.5) is 13.2 Å². The Bertz CT molecular complexity index is 643. The normalized spacial score (nSPS) is 29.0. The molecule has 2 aliphatic rings. The van der Waals surface area contributed by atoms with Crippen LogP contribution in [0.1, 0.15) is 25.3 Å². The molecule has 4 nitrogen and oxygen atoms in total. The Labute approximate surface area is 164 Å². The Balaban J connectivity index is 0.00000261. The number of alkyl halides is 3. The first-order valence-corrected chi connectivity index (χ1v) is 9.11. The van der Waals surface area contributed by atoms with Crippen LogP contribution in [0.5, 0.6) is 0 Å². The molecular formula is C19H27ClF3N3O. The first-order chi connectivity index (χ1) is 12.3. The predicted molar refractivity (Wildman–Crippen MR) is 100 cm³/mol. The molecule has 0 aliphatic carbocycles. The summed E-state index contributed by atoms with van der Waals surface area (Å²) in [5, 5.41) is 0. The van der Waals surface area contributed by atoms with Gasteiger partial charge in [0, 0.05) is 25.7 Å². The Kier molecular flexibility index (Phi) is 6.81. The summed E-state index contributed by atoms with van der Waals surface area (Å²) in [6.07, 6.45) is -4.07. The van der Waals surface area contributed by atoms with E-state index in [1.165, 1.54) is 4.90 Å². The molecule has 27 heavy (non-hydrogen) atoms. The maximum Gasteiger partial charge on any atom is 0.404 e. The van der Waals surface area contributed by atoms with Gasteiger partial charge in [-0.2, -0.15) is 13.2 Å². The standard InChI is InChI=1S/C19H26F3N3O.ClH/c1-14-9-16(10-23)12-25(14)17(26)18(19(20,21)22)7-8-24(13-18)11-15-5-3-2-4-6-15;/h2-6,14,16H,7-13,23H2,1H3;1H. The molecule has 3 rings (SSSR count). The maximum atomic E-state index is 14.0. The Hall–Kier alpha value is -1.31. The summed E-state index contributed by atoms with van der Waals surface area (Å²) in [4.78, 5) is 16.2. The van der Waals surface area contributed by atoms with Crippen LogP contribution in [0, 0.1) is 11.3 Å². The predicted octanol–water partition coefficient (Wildman–Crippen LogP) is 3.06. The number of halogens is 4. The van der Waals surface area contributed by atoms with Crippen molar-refractivity contribution >= 4 is 18.3 Å². The number of hydrogen-bond acceptors (Lipinski definition) is 3. The van der Waals surface area contributed by atoms with E-state index < -0.39 is 17.5 Å². The van der Waals surface area contributed by atoms with Crippen LogP contribution >= 0.6 is 12.4 Å². The quantitative estimate of drug-likeness (QED) is 0.837. The summed E-state index contributed by atoms with van der Waals surface area (Å²) in [5.74, 6) is -0.690. The molecule has 1 aromatic rings. The minimum absolute atomic E-state index is 0. The van der Waals surface area contributed by atoms with Crippen molar-refractivity contribution in [1.29, 1.82) is 0 Å². The molecule has 8 heteroatoms. The summed E-state index contributed by atoms with van der Waals surface area (Å²) in [6.45, 7) is 2.95. The fraction of sp³-hybridized carbons (Fsp3) is 0.632. The van der Waals surface area contributed by atoms with Gasteiger partial charge in [0.05, 0.1) is 0 Å². The minimum Gasteiger partial charge on any atom is -0.339 e. The number of hydrogen-bond donors (Lipinski definition) is 1. The molecular weight excluding hydrogens is 379 g/mol. The molecule has 2 fully saturated rings. The highest BCUT2D eigenvalue weighted by atomic mass is 35.5. The molecule has 0 radical (unpaired) electrons. The molecule has 3 atom stereocenters. The van der Waals surface area contributed by atoms with Crippen LogP contribution in [0.2, 0.25) is 0 Å². The van der Waals surface area contributed by atoms with Crippen LogP contribution in [-0.2, 0) is 11.3 Å². The van der Waals surface area contributed by atoms with Crippen LogP contribution in [0.25, 0.3) is 0 Å². The van der Waals surface area contributed by atoms with Gasteiger partial charge in [-0.25, -0.2) is 0 Å². The number of carbonyl (C=O) groups is 1. The third-order valence-corrected chi connectivity index (χ3v) is 5.80. The number of likely N-dealkylation sites (tertiary alicyclic amines) is 2. The highest BCUT2D eigenvalue weighted by Gasteiger charge is 2.64. The van der Waals surface area contributed by atoms with Gasteiger partial charge in [0.15, 0.2) is 5.41 Å². The van der Waals surface area contributed by atoms with E-state index in [9.17, 15) is 18.0 Å². The molecule has 1 aromatic carbocycles.